The average Bonchev–Trinajstić information content (AvgIpc) is 2.14. The summed E-state index contributed by atoms with van der Waals surface area (Å²) < 4.78 is 0. The van der Waals surface area contributed by atoms with E-state index >= 15 is 0 Å². The van der Waals surface area contributed by atoms with Crippen molar-refractivity contribution in [1.82, 2.24) is 10.2 Å². The highest BCUT2D eigenvalue weighted by molar-refractivity contribution is 5.78. The van der Waals surface area contributed by atoms with Crippen LogP contribution in [0.3, 0.4) is 0 Å². The summed E-state index contributed by atoms with van der Waals surface area (Å²) in [4.78, 5) is 13.4. The van der Waals surface area contributed by atoms with E-state index in [2.05, 4.69) is 24.1 Å². The number of carbonyl (C=O) groups is 1. The Morgan fingerprint density at radius 3 is 2.79 bits per heavy atom. The molecule has 0 aromatic rings. The van der Waals surface area contributed by atoms with E-state index in [1.165, 1.54) is 0 Å². The van der Waals surface area contributed by atoms with Crippen molar-refractivity contribution in [2.75, 3.05) is 26.2 Å². The summed E-state index contributed by atoms with van der Waals surface area (Å²) in [6.07, 6.45) is 1.07. The molecule has 1 amide bonds. The third kappa shape index (κ3) is 3.27. The highest BCUT2D eigenvalue weighted by Gasteiger charge is 2.23. The number of nitrogens with two attached hydrogens (primary N) is 1. The summed E-state index contributed by atoms with van der Waals surface area (Å²) in [7, 11) is 0. The minimum absolute atomic E-state index is 0.124. The first kappa shape index (κ1) is 11.5. The molecule has 1 aliphatic rings. The Labute approximate surface area is 85.8 Å². The molecule has 1 aliphatic heterocycles. The number of carbonyl (C=O) groups excluding carboxylic acids is 1. The lowest BCUT2D eigenvalue weighted by Gasteiger charge is -2.34. The van der Waals surface area contributed by atoms with Crippen LogP contribution < -0.4 is 11.1 Å². The third-order valence-corrected chi connectivity index (χ3v) is 2.60. The zero-order valence-electron chi connectivity index (χ0n) is 9.12. The van der Waals surface area contributed by atoms with Gasteiger partial charge in [-0.1, -0.05) is 13.8 Å². The molecule has 0 aliphatic carbocycles. The predicted octanol–water partition coefficient (Wildman–Crippen LogP) is -0.208. The van der Waals surface area contributed by atoms with E-state index < -0.39 is 0 Å². The van der Waals surface area contributed by atoms with Gasteiger partial charge >= 0.3 is 0 Å². The van der Waals surface area contributed by atoms with Gasteiger partial charge in [0.2, 0.25) is 5.91 Å². The summed E-state index contributed by atoms with van der Waals surface area (Å²) >= 11 is 0. The van der Waals surface area contributed by atoms with Gasteiger partial charge in [-0.25, -0.2) is 0 Å². The van der Waals surface area contributed by atoms with Crippen molar-refractivity contribution < 1.29 is 4.79 Å². The normalized spacial score (nSPS) is 21.0. The number of rotatable bonds is 4. The zero-order chi connectivity index (χ0) is 10.6. The molecule has 0 aromatic heterocycles. The first-order valence-corrected chi connectivity index (χ1v) is 5.34. The van der Waals surface area contributed by atoms with Crippen LogP contribution in [-0.4, -0.2) is 43.0 Å². The number of hydrogen-bond donors (Lipinski definition) is 2. The van der Waals surface area contributed by atoms with Gasteiger partial charge < -0.3 is 11.1 Å². The highest BCUT2D eigenvalue weighted by Crippen LogP contribution is 2.11. The van der Waals surface area contributed by atoms with Gasteiger partial charge in [0, 0.05) is 25.7 Å². The first-order valence-electron chi connectivity index (χ1n) is 5.34. The van der Waals surface area contributed by atoms with Gasteiger partial charge in [-0.3, -0.25) is 9.69 Å². The van der Waals surface area contributed by atoms with Crippen LogP contribution in [0, 0.1) is 5.92 Å². The summed E-state index contributed by atoms with van der Waals surface area (Å²) in [5.74, 6) is 0.756. The maximum Gasteiger partial charge on any atom is 0.234 e. The average molecular weight is 199 g/mol. The van der Waals surface area contributed by atoms with E-state index in [-0.39, 0.29) is 5.91 Å². The van der Waals surface area contributed by atoms with Gasteiger partial charge in [0.25, 0.3) is 0 Å². The molecule has 0 radical (unpaired) electrons. The van der Waals surface area contributed by atoms with Gasteiger partial charge in [-0.15, -0.1) is 0 Å². The van der Waals surface area contributed by atoms with Gasteiger partial charge in [0.05, 0.1) is 6.54 Å². The first-order chi connectivity index (χ1) is 6.63. The number of hydrogen-bond acceptors (Lipinski definition) is 3. The smallest absolute Gasteiger partial charge is 0.234 e. The molecule has 4 heteroatoms. The number of amides is 1. The van der Waals surface area contributed by atoms with Crippen LogP contribution in [0.5, 0.6) is 0 Å². The fourth-order valence-corrected chi connectivity index (χ4v) is 1.91. The molecule has 3 N–H and O–H groups in total. The van der Waals surface area contributed by atoms with Crippen LogP contribution in [0.1, 0.15) is 20.3 Å². The van der Waals surface area contributed by atoms with E-state index in [0.717, 1.165) is 19.5 Å². The van der Waals surface area contributed by atoms with Crippen molar-refractivity contribution >= 4 is 5.91 Å². The van der Waals surface area contributed by atoms with Crippen molar-refractivity contribution in [3.05, 3.63) is 0 Å². The van der Waals surface area contributed by atoms with Crippen molar-refractivity contribution in [3.8, 4) is 0 Å². The Morgan fingerprint density at radius 2 is 2.29 bits per heavy atom. The highest BCUT2D eigenvalue weighted by atomic mass is 16.2. The van der Waals surface area contributed by atoms with E-state index in [9.17, 15) is 4.79 Å². The van der Waals surface area contributed by atoms with E-state index in [0.29, 0.717) is 25.0 Å². The Morgan fingerprint density at radius 1 is 1.57 bits per heavy atom. The molecule has 1 rings (SSSR count). The van der Waals surface area contributed by atoms with E-state index in [1.54, 1.807) is 0 Å². The van der Waals surface area contributed by atoms with Gasteiger partial charge in [0.15, 0.2) is 0 Å². The lowest BCUT2D eigenvalue weighted by Crippen LogP contribution is -2.53. The molecule has 1 fully saturated rings. The van der Waals surface area contributed by atoms with Crippen molar-refractivity contribution in [2.24, 2.45) is 11.7 Å². The summed E-state index contributed by atoms with van der Waals surface area (Å²) in [5.41, 5.74) is 5.72. The standard InChI is InChI=1S/C10H21N3O/c1-8(2)5-9(6-11)13-4-3-12-10(14)7-13/h8-9H,3-7,11H2,1-2H3,(H,12,14). The number of nitrogens with one attached hydrogen (secondary N) is 1. The maximum atomic E-state index is 11.2. The van der Waals surface area contributed by atoms with E-state index in [4.69, 9.17) is 5.73 Å². The van der Waals surface area contributed by atoms with Crippen LogP contribution in [0.25, 0.3) is 0 Å². The predicted molar refractivity (Wildman–Crippen MR) is 56.9 cm³/mol. The maximum absolute atomic E-state index is 11.2. The Kier molecular flexibility index (Phi) is 4.35. The Hall–Kier alpha value is -0.610. The molecule has 14 heavy (non-hydrogen) atoms. The Bertz CT molecular complexity index is 194. The SMILES string of the molecule is CC(C)CC(CN)N1CCNC(=O)C1. The van der Waals surface area contributed by atoms with Crippen molar-refractivity contribution in [1.29, 1.82) is 0 Å². The molecule has 0 bridgehead atoms. The van der Waals surface area contributed by atoms with Gasteiger partial charge in [0.1, 0.15) is 0 Å². The van der Waals surface area contributed by atoms with Crippen LogP contribution >= 0.6 is 0 Å². The fraction of sp³-hybridized carbons (Fsp3) is 0.900. The molecule has 0 aromatic carbocycles. The van der Waals surface area contributed by atoms with Crippen LogP contribution in [0.4, 0.5) is 0 Å². The van der Waals surface area contributed by atoms with Crippen LogP contribution in [0.15, 0.2) is 0 Å². The molecule has 1 saturated heterocycles. The molecular formula is C10H21N3O. The fourth-order valence-electron chi connectivity index (χ4n) is 1.91. The van der Waals surface area contributed by atoms with Crippen molar-refractivity contribution in [2.45, 2.75) is 26.3 Å². The quantitative estimate of drug-likeness (QED) is 0.659. The molecule has 1 unspecified atom stereocenters. The van der Waals surface area contributed by atoms with Gasteiger partial charge in [-0.2, -0.15) is 0 Å². The monoisotopic (exact) mass is 199 g/mol. The summed E-state index contributed by atoms with van der Waals surface area (Å²) in [5, 5.41) is 2.82. The largest absolute Gasteiger partial charge is 0.354 e. The number of nitrogens with zero attached hydrogens (tertiary/aromatic N) is 1. The molecule has 4 nitrogen and oxygen atoms in total. The second-order valence-corrected chi connectivity index (χ2v) is 4.34. The summed E-state index contributed by atoms with van der Waals surface area (Å²) in [6, 6.07) is 0.362. The minimum Gasteiger partial charge on any atom is -0.354 e. The third-order valence-electron chi connectivity index (χ3n) is 2.60. The molecule has 0 spiro atoms. The lowest BCUT2D eigenvalue weighted by atomic mass is 10.0. The van der Waals surface area contributed by atoms with Crippen molar-refractivity contribution in [3.63, 3.8) is 0 Å². The summed E-state index contributed by atoms with van der Waals surface area (Å²) in [6.45, 7) is 7.22. The number of piperazine rings is 1. The van der Waals surface area contributed by atoms with Crippen LogP contribution in [0.2, 0.25) is 0 Å². The molecule has 1 atom stereocenters. The second kappa shape index (κ2) is 5.32. The van der Waals surface area contributed by atoms with Crippen LogP contribution in [-0.2, 0) is 4.79 Å². The Balaban J connectivity index is 2.46. The molecular weight excluding hydrogens is 178 g/mol. The lowest BCUT2D eigenvalue weighted by molar-refractivity contribution is -0.124. The van der Waals surface area contributed by atoms with Gasteiger partial charge in [-0.05, 0) is 12.3 Å². The minimum atomic E-state index is 0.124. The molecule has 1 heterocycles. The topological polar surface area (TPSA) is 58.4 Å². The molecule has 82 valence electrons. The second-order valence-electron chi connectivity index (χ2n) is 4.34. The molecule has 0 saturated carbocycles. The van der Waals surface area contributed by atoms with E-state index in [1.807, 2.05) is 0 Å². The zero-order valence-corrected chi connectivity index (χ0v) is 9.12.